The van der Waals surface area contributed by atoms with Gasteiger partial charge in [0.1, 0.15) is 5.82 Å². The van der Waals surface area contributed by atoms with E-state index < -0.39 is 17.3 Å². The lowest BCUT2D eigenvalue weighted by molar-refractivity contribution is -0.137. The van der Waals surface area contributed by atoms with E-state index in [4.69, 9.17) is 0 Å². The molecule has 0 aliphatic heterocycles. The van der Waals surface area contributed by atoms with Gasteiger partial charge in [0.25, 0.3) is 5.56 Å². The molecule has 2 rings (SSSR count). The van der Waals surface area contributed by atoms with Crippen LogP contribution in [0.5, 0.6) is 0 Å². The van der Waals surface area contributed by atoms with Crippen LogP contribution in [0.2, 0.25) is 0 Å². The van der Waals surface area contributed by atoms with Crippen LogP contribution in [-0.4, -0.2) is 9.97 Å². The van der Waals surface area contributed by atoms with Crippen molar-refractivity contribution in [3.63, 3.8) is 0 Å². The monoisotopic (exact) mass is 282 g/mol. The van der Waals surface area contributed by atoms with E-state index >= 15 is 0 Å². The molecule has 6 heteroatoms. The number of hydrogen-bond acceptors (Lipinski definition) is 2. The smallest absolute Gasteiger partial charge is 0.310 e. The zero-order valence-electron chi connectivity index (χ0n) is 11.0. The summed E-state index contributed by atoms with van der Waals surface area (Å²) in [7, 11) is 0. The third-order valence-electron chi connectivity index (χ3n) is 3.02. The van der Waals surface area contributed by atoms with Crippen molar-refractivity contribution in [3.05, 3.63) is 51.6 Å². The number of H-pyrrole nitrogens is 1. The van der Waals surface area contributed by atoms with Crippen molar-refractivity contribution in [1.29, 1.82) is 0 Å². The molecular formula is C14H13F3N2O. The van der Waals surface area contributed by atoms with E-state index in [0.29, 0.717) is 12.2 Å². The largest absolute Gasteiger partial charge is 0.417 e. The second kappa shape index (κ2) is 5.11. The second-order valence-electron chi connectivity index (χ2n) is 4.38. The summed E-state index contributed by atoms with van der Waals surface area (Å²) < 4.78 is 39.1. The van der Waals surface area contributed by atoms with Gasteiger partial charge in [0, 0.05) is 17.5 Å². The first-order valence-corrected chi connectivity index (χ1v) is 6.11. The molecule has 0 bridgehead atoms. The van der Waals surface area contributed by atoms with E-state index in [1.54, 1.807) is 6.92 Å². The molecule has 1 aromatic heterocycles. The zero-order valence-corrected chi connectivity index (χ0v) is 11.0. The molecule has 0 saturated heterocycles. The number of aryl methyl sites for hydroxylation is 1. The molecule has 0 unspecified atom stereocenters. The minimum absolute atomic E-state index is 0.0710. The summed E-state index contributed by atoms with van der Waals surface area (Å²) >= 11 is 0. The Hall–Kier alpha value is -2.11. The molecule has 1 N–H and O–H groups in total. The highest BCUT2D eigenvalue weighted by Gasteiger charge is 2.34. The fraction of sp³-hybridized carbons (Fsp3) is 0.286. The molecule has 0 amide bonds. The summed E-state index contributed by atoms with van der Waals surface area (Å²) in [6.45, 7) is 3.24. The highest BCUT2D eigenvalue weighted by molar-refractivity contribution is 5.67. The number of halogens is 3. The van der Waals surface area contributed by atoms with Crippen LogP contribution in [0.15, 0.2) is 29.1 Å². The molecule has 0 saturated carbocycles. The Bertz CT molecular complexity index is 690. The molecular weight excluding hydrogens is 269 g/mol. The number of rotatable bonds is 2. The number of alkyl halides is 3. The van der Waals surface area contributed by atoms with Crippen LogP contribution in [0.1, 0.15) is 23.9 Å². The van der Waals surface area contributed by atoms with Crippen molar-refractivity contribution in [2.24, 2.45) is 0 Å². The van der Waals surface area contributed by atoms with Gasteiger partial charge < -0.3 is 4.98 Å². The minimum Gasteiger partial charge on any atom is -0.310 e. The van der Waals surface area contributed by atoms with Gasteiger partial charge in [-0.2, -0.15) is 13.2 Å². The molecule has 1 heterocycles. The molecule has 0 spiro atoms. The van der Waals surface area contributed by atoms with Crippen LogP contribution in [0.4, 0.5) is 13.2 Å². The van der Waals surface area contributed by atoms with Crippen LogP contribution in [0, 0.1) is 6.92 Å². The summed E-state index contributed by atoms with van der Waals surface area (Å²) in [5, 5.41) is 0. The summed E-state index contributed by atoms with van der Waals surface area (Å²) in [5.74, 6) is 0.368. The Labute approximate surface area is 113 Å². The van der Waals surface area contributed by atoms with Gasteiger partial charge >= 0.3 is 6.18 Å². The summed E-state index contributed by atoms with van der Waals surface area (Å²) in [6.07, 6.45) is -4.05. The number of nitrogens with one attached hydrogen (secondary N) is 1. The quantitative estimate of drug-likeness (QED) is 0.918. The Morgan fingerprint density at radius 2 is 1.90 bits per heavy atom. The van der Waals surface area contributed by atoms with Crippen molar-refractivity contribution in [2.45, 2.75) is 26.4 Å². The Kier molecular flexibility index (Phi) is 3.65. The predicted octanol–water partition coefficient (Wildman–Crippen LogP) is 3.33. The van der Waals surface area contributed by atoms with E-state index in [2.05, 4.69) is 9.97 Å². The van der Waals surface area contributed by atoms with E-state index in [1.165, 1.54) is 25.1 Å². The normalized spacial score (nSPS) is 11.7. The van der Waals surface area contributed by atoms with Gasteiger partial charge in [-0.3, -0.25) is 4.79 Å². The van der Waals surface area contributed by atoms with Gasteiger partial charge in [-0.05, 0) is 13.0 Å². The van der Waals surface area contributed by atoms with Crippen molar-refractivity contribution >= 4 is 0 Å². The molecule has 0 atom stereocenters. The first-order chi connectivity index (χ1) is 9.34. The average molecular weight is 282 g/mol. The van der Waals surface area contributed by atoms with Crippen LogP contribution in [-0.2, 0) is 12.6 Å². The maximum atomic E-state index is 13.0. The molecule has 0 aliphatic rings. The fourth-order valence-electron chi connectivity index (χ4n) is 1.95. The number of benzene rings is 1. The van der Waals surface area contributed by atoms with E-state index in [-0.39, 0.29) is 16.8 Å². The van der Waals surface area contributed by atoms with Crippen LogP contribution in [0.3, 0.4) is 0 Å². The highest BCUT2D eigenvalue weighted by atomic mass is 19.4. The SMILES string of the molecule is CCc1nc(-c2ccccc2C(F)(F)F)c(C)c(=O)[nH]1. The lowest BCUT2D eigenvalue weighted by Gasteiger charge is -2.14. The van der Waals surface area contributed by atoms with Crippen LogP contribution < -0.4 is 5.56 Å². The number of aromatic amines is 1. The maximum absolute atomic E-state index is 13.0. The van der Waals surface area contributed by atoms with Crippen molar-refractivity contribution in [3.8, 4) is 11.3 Å². The topological polar surface area (TPSA) is 45.8 Å². The summed E-state index contributed by atoms with van der Waals surface area (Å²) in [4.78, 5) is 18.5. The Morgan fingerprint density at radius 1 is 1.25 bits per heavy atom. The van der Waals surface area contributed by atoms with Crippen molar-refractivity contribution in [2.75, 3.05) is 0 Å². The molecule has 20 heavy (non-hydrogen) atoms. The van der Waals surface area contributed by atoms with Crippen molar-refractivity contribution in [1.82, 2.24) is 9.97 Å². The molecule has 2 aromatic rings. The third-order valence-corrected chi connectivity index (χ3v) is 3.02. The molecule has 3 nitrogen and oxygen atoms in total. The van der Waals surface area contributed by atoms with Gasteiger partial charge in [0.2, 0.25) is 0 Å². The van der Waals surface area contributed by atoms with Gasteiger partial charge in [0.15, 0.2) is 0 Å². The van der Waals surface area contributed by atoms with E-state index in [1.807, 2.05) is 0 Å². The van der Waals surface area contributed by atoms with E-state index in [0.717, 1.165) is 6.07 Å². The fourth-order valence-corrected chi connectivity index (χ4v) is 1.95. The number of nitrogens with zero attached hydrogens (tertiary/aromatic N) is 1. The van der Waals surface area contributed by atoms with E-state index in [9.17, 15) is 18.0 Å². The first-order valence-electron chi connectivity index (χ1n) is 6.11. The summed E-state index contributed by atoms with van der Waals surface area (Å²) in [5.41, 5.74) is -1.01. The lowest BCUT2D eigenvalue weighted by Crippen LogP contribution is -2.17. The van der Waals surface area contributed by atoms with Crippen LogP contribution >= 0.6 is 0 Å². The predicted molar refractivity (Wildman–Crippen MR) is 69.4 cm³/mol. The molecule has 0 aliphatic carbocycles. The Morgan fingerprint density at radius 3 is 2.50 bits per heavy atom. The molecule has 1 aromatic carbocycles. The van der Waals surface area contributed by atoms with Crippen molar-refractivity contribution < 1.29 is 13.2 Å². The second-order valence-corrected chi connectivity index (χ2v) is 4.38. The van der Waals surface area contributed by atoms with Gasteiger partial charge in [-0.25, -0.2) is 4.98 Å². The maximum Gasteiger partial charge on any atom is 0.417 e. The molecule has 106 valence electrons. The third kappa shape index (κ3) is 2.59. The van der Waals surface area contributed by atoms with Gasteiger partial charge in [-0.15, -0.1) is 0 Å². The molecule has 0 fully saturated rings. The minimum atomic E-state index is -4.49. The lowest BCUT2D eigenvalue weighted by atomic mass is 10.0. The Balaban J connectivity index is 2.76. The summed E-state index contributed by atoms with van der Waals surface area (Å²) in [6, 6.07) is 5.13. The van der Waals surface area contributed by atoms with Gasteiger partial charge in [-0.1, -0.05) is 25.1 Å². The van der Waals surface area contributed by atoms with Crippen LogP contribution in [0.25, 0.3) is 11.3 Å². The molecule has 0 radical (unpaired) electrons. The number of hydrogen-bond donors (Lipinski definition) is 1. The average Bonchev–Trinajstić information content (AvgIpc) is 2.40. The van der Waals surface area contributed by atoms with Gasteiger partial charge in [0.05, 0.1) is 11.3 Å². The zero-order chi connectivity index (χ0) is 14.9. The number of aromatic nitrogens is 2. The standard InChI is InChI=1S/C14H13F3N2O/c1-3-11-18-12(8(2)13(20)19-11)9-6-4-5-7-10(9)14(15,16)17/h4-7H,3H2,1-2H3,(H,18,19,20). The highest BCUT2D eigenvalue weighted by Crippen LogP contribution is 2.36. The first kappa shape index (κ1) is 14.3.